The van der Waals surface area contributed by atoms with E-state index in [1.807, 2.05) is 29.9 Å². The second-order valence-electron chi connectivity index (χ2n) is 6.39. The smallest absolute Gasteiger partial charge is 0.226 e. The summed E-state index contributed by atoms with van der Waals surface area (Å²) in [4.78, 5) is 12.4. The lowest BCUT2D eigenvalue weighted by Crippen LogP contribution is -2.25. The lowest BCUT2D eigenvalue weighted by atomic mass is 9.86. The van der Waals surface area contributed by atoms with Crippen molar-refractivity contribution in [2.24, 2.45) is 0 Å². The Bertz CT molecular complexity index is 920. The van der Waals surface area contributed by atoms with E-state index in [0.717, 1.165) is 40.6 Å². The van der Waals surface area contributed by atoms with E-state index in [9.17, 15) is 4.79 Å². The summed E-state index contributed by atoms with van der Waals surface area (Å²) in [6.45, 7) is 7.45. The zero-order chi connectivity index (χ0) is 17.6. The van der Waals surface area contributed by atoms with E-state index in [1.165, 1.54) is 0 Å². The van der Waals surface area contributed by atoms with Gasteiger partial charge in [0.2, 0.25) is 5.91 Å². The first-order chi connectivity index (χ1) is 12.1. The third-order valence-electron chi connectivity index (χ3n) is 4.86. The van der Waals surface area contributed by atoms with Gasteiger partial charge >= 0.3 is 0 Å². The van der Waals surface area contributed by atoms with Gasteiger partial charge in [0.25, 0.3) is 0 Å². The first-order valence-corrected chi connectivity index (χ1v) is 8.50. The monoisotopic (exact) mass is 339 g/mol. The van der Waals surface area contributed by atoms with Crippen LogP contribution in [0.25, 0.3) is 0 Å². The molecule has 0 saturated heterocycles. The zero-order valence-corrected chi connectivity index (χ0v) is 14.6. The maximum atomic E-state index is 12.4. The van der Waals surface area contributed by atoms with Gasteiger partial charge < -0.3 is 9.73 Å². The average molecular weight is 339 g/mol. The lowest BCUT2D eigenvalue weighted by molar-refractivity contribution is -0.116. The molecule has 1 aliphatic rings. The summed E-state index contributed by atoms with van der Waals surface area (Å²) in [5.74, 6) is 1.53. The first-order valence-electron chi connectivity index (χ1n) is 8.50. The molecule has 0 unspecified atom stereocenters. The molecule has 0 aliphatic carbocycles. The van der Waals surface area contributed by atoms with E-state index in [1.54, 1.807) is 10.9 Å². The number of anilines is 1. The molecule has 7 heteroatoms. The van der Waals surface area contributed by atoms with Crippen LogP contribution in [0.3, 0.4) is 0 Å². The van der Waals surface area contributed by atoms with Gasteiger partial charge in [-0.2, -0.15) is 10.2 Å². The Hall–Kier alpha value is -2.83. The minimum Gasteiger partial charge on any atom is -0.467 e. The minimum absolute atomic E-state index is 0.00161. The third kappa shape index (κ3) is 2.56. The average Bonchev–Trinajstić information content (AvgIpc) is 3.29. The number of carbonyl (C=O) groups is 1. The van der Waals surface area contributed by atoms with Crippen molar-refractivity contribution in [3.8, 4) is 0 Å². The Kier molecular flexibility index (Phi) is 3.71. The number of amides is 1. The van der Waals surface area contributed by atoms with Crippen LogP contribution in [0, 0.1) is 13.8 Å². The normalized spacial score (nSPS) is 16.8. The molecule has 1 atom stereocenters. The minimum atomic E-state index is -0.0191. The summed E-state index contributed by atoms with van der Waals surface area (Å²) in [5, 5.41) is 12.1. The third-order valence-corrected chi connectivity index (χ3v) is 4.86. The van der Waals surface area contributed by atoms with E-state index in [0.29, 0.717) is 13.0 Å². The molecule has 3 aromatic heterocycles. The van der Waals surface area contributed by atoms with Gasteiger partial charge in [-0.15, -0.1) is 0 Å². The van der Waals surface area contributed by atoms with Crippen LogP contribution in [0.2, 0.25) is 0 Å². The van der Waals surface area contributed by atoms with E-state index >= 15 is 0 Å². The number of rotatable bonds is 4. The van der Waals surface area contributed by atoms with Crippen LogP contribution < -0.4 is 5.32 Å². The Morgan fingerprint density at radius 2 is 2.20 bits per heavy atom. The number of nitrogens with zero attached hydrogens (tertiary/aromatic N) is 4. The van der Waals surface area contributed by atoms with Crippen LogP contribution in [-0.2, 0) is 17.9 Å². The van der Waals surface area contributed by atoms with Gasteiger partial charge in [0, 0.05) is 35.7 Å². The number of hydrogen-bond acceptors (Lipinski definition) is 4. The fraction of sp³-hybridized carbons (Fsp3) is 0.389. The molecular weight excluding hydrogens is 318 g/mol. The summed E-state index contributed by atoms with van der Waals surface area (Å²) in [7, 11) is 0. The van der Waals surface area contributed by atoms with Gasteiger partial charge in [-0.05, 0) is 32.9 Å². The quantitative estimate of drug-likeness (QED) is 0.793. The summed E-state index contributed by atoms with van der Waals surface area (Å²) in [6.07, 6.45) is 3.90. The van der Waals surface area contributed by atoms with Crippen LogP contribution >= 0.6 is 0 Å². The fourth-order valence-corrected chi connectivity index (χ4v) is 3.72. The SMILES string of the molecule is CCn1nc(C)c([C@@H]2CC(=O)Nc3c2cnn3Cc2ccco2)c1C. The predicted octanol–water partition coefficient (Wildman–Crippen LogP) is 2.83. The van der Waals surface area contributed by atoms with Crippen molar-refractivity contribution in [2.45, 2.75) is 46.2 Å². The van der Waals surface area contributed by atoms with E-state index in [-0.39, 0.29) is 11.8 Å². The standard InChI is InChI=1S/C18H21N5O2/c1-4-22-12(3)17(11(2)21-22)14-8-16(24)20-18-15(14)9-19-23(18)10-13-6-5-7-25-13/h5-7,9,14H,4,8,10H2,1-3H3,(H,20,24)/t14-/m1/s1. The largest absolute Gasteiger partial charge is 0.467 e. The van der Waals surface area contributed by atoms with Gasteiger partial charge in [-0.25, -0.2) is 4.68 Å². The molecule has 4 rings (SSSR count). The van der Waals surface area contributed by atoms with E-state index in [2.05, 4.69) is 29.4 Å². The van der Waals surface area contributed by atoms with Crippen molar-refractivity contribution >= 4 is 11.7 Å². The highest BCUT2D eigenvalue weighted by Gasteiger charge is 2.33. The van der Waals surface area contributed by atoms with Crippen LogP contribution in [0.5, 0.6) is 0 Å². The van der Waals surface area contributed by atoms with Crippen molar-refractivity contribution < 1.29 is 9.21 Å². The van der Waals surface area contributed by atoms with Crippen LogP contribution in [-0.4, -0.2) is 25.5 Å². The molecule has 0 spiro atoms. The molecule has 4 heterocycles. The van der Waals surface area contributed by atoms with Crippen molar-refractivity contribution in [1.82, 2.24) is 19.6 Å². The number of hydrogen-bond donors (Lipinski definition) is 1. The maximum absolute atomic E-state index is 12.4. The zero-order valence-electron chi connectivity index (χ0n) is 14.6. The van der Waals surface area contributed by atoms with Crippen LogP contribution in [0.15, 0.2) is 29.0 Å². The highest BCUT2D eigenvalue weighted by molar-refractivity contribution is 5.94. The number of aryl methyl sites for hydroxylation is 2. The van der Waals surface area contributed by atoms with E-state index < -0.39 is 0 Å². The van der Waals surface area contributed by atoms with Crippen LogP contribution in [0.4, 0.5) is 5.82 Å². The number of fused-ring (bicyclic) bond motifs is 1. The predicted molar refractivity (Wildman–Crippen MR) is 92.5 cm³/mol. The number of aromatic nitrogens is 4. The molecule has 0 radical (unpaired) electrons. The van der Waals surface area contributed by atoms with Gasteiger partial charge in [-0.3, -0.25) is 9.48 Å². The number of furan rings is 1. The molecule has 1 N–H and O–H groups in total. The van der Waals surface area contributed by atoms with Gasteiger partial charge in [0.1, 0.15) is 18.1 Å². The number of carbonyl (C=O) groups excluding carboxylic acids is 1. The van der Waals surface area contributed by atoms with Crippen molar-refractivity contribution in [2.75, 3.05) is 5.32 Å². The molecular formula is C18H21N5O2. The molecule has 130 valence electrons. The second kappa shape index (κ2) is 5.91. The van der Waals surface area contributed by atoms with Crippen molar-refractivity contribution in [3.05, 3.63) is 52.9 Å². The summed E-state index contributed by atoms with van der Waals surface area (Å²) in [5.41, 5.74) is 4.26. The Morgan fingerprint density at radius 1 is 1.36 bits per heavy atom. The second-order valence-corrected chi connectivity index (χ2v) is 6.39. The summed E-state index contributed by atoms with van der Waals surface area (Å²) < 4.78 is 9.18. The molecule has 0 bridgehead atoms. The Morgan fingerprint density at radius 3 is 2.88 bits per heavy atom. The molecule has 3 aromatic rings. The molecule has 0 fully saturated rings. The van der Waals surface area contributed by atoms with Gasteiger partial charge in [-0.1, -0.05) is 0 Å². The van der Waals surface area contributed by atoms with Gasteiger partial charge in [0.05, 0.1) is 18.2 Å². The molecule has 0 saturated carbocycles. The maximum Gasteiger partial charge on any atom is 0.226 e. The van der Waals surface area contributed by atoms with Crippen LogP contribution in [0.1, 0.15) is 47.5 Å². The molecule has 25 heavy (non-hydrogen) atoms. The topological polar surface area (TPSA) is 77.9 Å². The fourth-order valence-electron chi connectivity index (χ4n) is 3.72. The summed E-state index contributed by atoms with van der Waals surface area (Å²) in [6, 6.07) is 3.74. The van der Waals surface area contributed by atoms with Gasteiger partial charge in [0.15, 0.2) is 0 Å². The van der Waals surface area contributed by atoms with Crippen molar-refractivity contribution in [3.63, 3.8) is 0 Å². The molecule has 0 aromatic carbocycles. The summed E-state index contributed by atoms with van der Waals surface area (Å²) >= 11 is 0. The van der Waals surface area contributed by atoms with E-state index in [4.69, 9.17) is 4.42 Å². The molecule has 1 aliphatic heterocycles. The van der Waals surface area contributed by atoms with Crippen molar-refractivity contribution in [1.29, 1.82) is 0 Å². The molecule has 7 nitrogen and oxygen atoms in total. The molecule has 1 amide bonds. The number of nitrogens with one attached hydrogen (secondary N) is 1. The lowest BCUT2D eigenvalue weighted by Gasteiger charge is -2.24. The Labute approximate surface area is 145 Å². The first kappa shape index (κ1) is 15.7. The highest BCUT2D eigenvalue weighted by atomic mass is 16.3. The highest BCUT2D eigenvalue weighted by Crippen LogP contribution is 2.39. The Balaban J connectivity index is 1.77.